The first-order chi connectivity index (χ1) is 13.6. The maximum atomic E-state index is 13.0. The smallest absolute Gasteiger partial charge is 0.417 e. The van der Waals surface area contributed by atoms with Crippen LogP contribution in [0.3, 0.4) is 0 Å². The van der Waals surface area contributed by atoms with Crippen LogP contribution in [0.1, 0.15) is 46.5 Å². The van der Waals surface area contributed by atoms with Crippen molar-refractivity contribution in [1.29, 1.82) is 0 Å². The van der Waals surface area contributed by atoms with Crippen LogP contribution in [0.4, 0.5) is 18.9 Å². The Morgan fingerprint density at radius 1 is 1.00 bits per heavy atom. The van der Waals surface area contributed by atoms with Crippen LogP contribution >= 0.6 is 0 Å². The molecule has 1 N–H and O–H groups in total. The highest BCUT2D eigenvalue weighted by molar-refractivity contribution is 6.00. The van der Waals surface area contributed by atoms with E-state index in [0.29, 0.717) is 12.1 Å². The summed E-state index contributed by atoms with van der Waals surface area (Å²) in [5.74, 6) is -1.77. The van der Waals surface area contributed by atoms with Crippen molar-refractivity contribution in [3.63, 3.8) is 0 Å². The number of esters is 1. The Hall–Kier alpha value is -3.16. The van der Waals surface area contributed by atoms with Crippen molar-refractivity contribution in [3.05, 3.63) is 65.2 Å². The molecule has 0 aromatic heterocycles. The fourth-order valence-corrected chi connectivity index (χ4v) is 2.52. The Bertz CT molecular complexity index is 890. The lowest BCUT2D eigenvalue weighted by atomic mass is 10.1. The molecular formula is C21H20F3NO4. The van der Waals surface area contributed by atoms with E-state index in [1.54, 1.807) is 0 Å². The Kier molecular flexibility index (Phi) is 7.14. The Labute approximate surface area is 165 Å². The summed E-state index contributed by atoms with van der Waals surface area (Å²) in [6.45, 7) is 3.12. The molecule has 5 nitrogen and oxygen atoms in total. The van der Waals surface area contributed by atoms with Crippen LogP contribution < -0.4 is 5.32 Å². The first-order valence-electron chi connectivity index (χ1n) is 8.84. The molecule has 1 amide bonds. The van der Waals surface area contributed by atoms with E-state index in [1.807, 2.05) is 13.8 Å². The zero-order chi connectivity index (χ0) is 21.6. The molecule has 154 valence electrons. The monoisotopic (exact) mass is 407 g/mol. The van der Waals surface area contributed by atoms with Crippen molar-refractivity contribution in [2.24, 2.45) is 5.92 Å². The van der Waals surface area contributed by atoms with E-state index in [0.717, 1.165) is 18.2 Å². The number of nitrogens with one attached hydrogen (secondary N) is 1. The van der Waals surface area contributed by atoms with Gasteiger partial charge in [0.25, 0.3) is 0 Å². The van der Waals surface area contributed by atoms with Crippen molar-refractivity contribution in [2.75, 3.05) is 11.9 Å². The lowest BCUT2D eigenvalue weighted by molar-refractivity contribution is -0.138. The third-order valence-electron chi connectivity index (χ3n) is 3.87. The molecule has 2 rings (SSSR count). The maximum Gasteiger partial charge on any atom is 0.417 e. The number of carbonyl (C=O) groups is 3. The molecule has 29 heavy (non-hydrogen) atoms. The van der Waals surface area contributed by atoms with Crippen LogP contribution in [-0.4, -0.2) is 24.3 Å². The van der Waals surface area contributed by atoms with Crippen LogP contribution in [-0.2, 0) is 15.7 Å². The standard InChI is InChI=1S/C21H20F3NO4/c1-13(2)11-19(27)25-15-9-7-14(8-10-15)18(26)12-29-20(28)16-5-3-4-6-17(16)21(22,23)24/h3-10,13H,11-12H2,1-2H3,(H,25,27). The molecule has 8 heteroatoms. The first kappa shape index (κ1) is 22.1. The Morgan fingerprint density at radius 3 is 2.21 bits per heavy atom. The van der Waals surface area contributed by atoms with E-state index >= 15 is 0 Å². The van der Waals surface area contributed by atoms with Crippen LogP contribution in [0.2, 0.25) is 0 Å². The minimum absolute atomic E-state index is 0.156. The fraction of sp³-hybridized carbons (Fsp3) is 0.286. The summed E-state index contributed by atoms with van der Waals surface area (Å²) in [5.41, 5.74) is -1.08. The van der Waals surface area contributed by atoms with E-state index < -0.39 is 35.7 Å². The molecule has 2 aromatic rings. The summed E-state index contributed by atoms with van der Waals surface area (Å²) >= 11 is 0. The highest BCUT2D eigenvalue weighted by Crippen LogP contribution is 2.32. The average molecular weight is 407 g/mol. The number of ketones is 1. The summed E-state index contributed by atoms with van der Waals surface area (Å²) in [6, 6.07) is 10.1. The minimum Gasteiger partial charge on any atom is -0.454 e. The number of halogens is 3. The van der Waals surface area contributed by atoms with E-state index in [2.05, 4.69) is 5.32 Å². The van der Waals surface area contributed by atoms with Gasteiger partial charge in [-0.15, -0.1) is 0 Å². The number of amides is 1. The van der Waals surface area contributed by atoms with Gasteiger partial charge in [0.15, 0.2) is 12.4 Å². The van der Waals surface area contributed by atoms with E-state index in [4.69, 9.17) is 4.74 Å². The van der Waals surface area contributed by atoms with Crippen LogP contribution in [0.25, 0.3) is 0 Å². The van der Waals surface area contributed by atoms with Gasteiger partial charge in [0, 0.05) is 17.7 Å². The fourth-order valence-electron chi connectivity index (χ4n) is 2.52. The van der Waals surface area contributed by atoms with Gasteiger partial charge in [0.1, 0.15) is 0 Å². The second-order valence-electron chi connectivity index (χ2n) is 6.77. The van der Waals surface area contributed by atoms with Gasteiger partial charge >= 0.3 is 12.1 Å². The van der Waals surface area contributed by atoms with Crippen molar-refractivity contribution in [2.45, 2.75) is 26.4 Å². The van der Waals surface area contributed by atoms with Crippen LogP contribution in [0.5, 0.6) is 0 Å². The number of benzene rings is 2. The average Bonchev–Trinajstić information content (AvgIpc) is 2.65. The third-order valence-corrected chi connectivity index (χ3v) is 3.87. The van der Waals surface area contributed by atoms with E-state index in [-0.39, 0.29) is 17.4 Å². The topological polar surface area (TPSA) is 72.5 Å². The van der Waals surface area contributed by atoms with Gasteiger partial charge in [0.2, 0.25) is 5.91 Å². The molecule has 0 heterocycles. The lowest BCUT2D eigenvalue weighted by Gasteiger charge is -2.12. The molecule has 0 atom stereocenters. The first-order valence-corrected chi connectivity index (χ1v) is 8.84. The normalized spacial score (nSPS) is 11.2. The third kappa shape index (κ3) is 6.44. The van der Waals surface area contributed by atoms with Gasteiger partial charge in [-0.05, 0) is 42.3 Å². The molecule has 2 aromatic carbocycles. The molecule has 0 radical (unpaired) electrons. The molecule has 0 aliphatic heterocycles. The molecule has 0 unspecified atom stereocenters. The largest absolute Gasteiger partial charge is 0.454 e. The zero-order valence-corrected chi connectivity index (χ0v) is 15.9. The Balaban J connectivity index is 1.98. The maximum absolute atomic E-state index is 13.0. The van der Waals surface area contributed by atoms with Gasteiger partial charge in [-0.1, -0.05) is 26.0 Å². The molecule has 0 bridgehead atoms. The number of Topliss-reactive ketones (excluding diaryl/α,β-unsaturated/α-hetero) is 1. The van der Waals surface area contributed by atoms with Gasteiger partial charge in [-0.2, -0.15) is 13.2 Å². The van der Waals surface area contributed by atoms with Gasteiger partial charge < -0.3 is 10.1 Å². The molecular weight excluding hydrogens is 387 g/mol. The minimum atomic E-state index is -4.71. The van der Waals surface area contributed by atoms with Crippen molar-refractivity contribution in [3.8, 4) is 0 Å². The van der Waals surface area contributed by atoms with Crippen LogP contribution in [0.15, 0.2) is 48.5 Å². The number of rotatable bonds is 7. The number of anilines is 1. The second kappa shape index (κ2) is 9.36. The lowest BCUT2D eigenvalue weighted by Crippen LogP contribution is -2.18. The predicted molar refractivity (Wildman–Crippen MR) is 101 cm³/mol. The number of hydrogen-bond donors (Lipinski definition) is 1. The summed E-state index contributed by atoms with van der Waals surface area (Å²) in [4.78, 5) is 35.9. The molecule has 0 fully saturated rings. The number of carbonyl (C=O) groups excluding carboxylic acids is 3. The quantitative estimate of drug-likeness (QED) is 0.532. The predicted octanol–water partition coefficient (Wildman–Crippen LogP) is 4.73. The van der Waals surface area contributed by atoms with Gasteiger partial charge in [-0.25, -0.2) is 4.79 Å². The van der Waals surface area contributed by atoms with Crippen LogP contribution in [0, 0.1) is 5.92 Å². The van der Waals surface area contributed by atoms with Gasteiger partial charge in [0.05, 0.1) is 11.1 Å². The van der Waals surface area contributed by atoms with Crippen molar-refractivity contribution >= 4 is 23.3 Å². The van der Waals surface area contributed by atoms with Gasteiger partial charge in [-0.3, -0.25) is 9.59 Å². The molecule has 0 spiro atoms. The van der Waals surface area contributed by atoms with Crippen molar-refractivity contribution < 1.29 is 32.3 Å². The Morgan fingerprint density at radius 2 is 1.62 bits per heavy atom. The summed E-state index contributed by atoms with van der Waals surface area (Å²) in [5, 5.41) is 2.69. The summed E-state index contributed by atoms with van der Waals surface area (Å²) < 4.78 is 43.7. The molecule has 0 aliphatic carbocycles. The van der Waals surface area contributed by atoms with E-state index in [1.165, 1.54) is 30.3 Å². The summed E-state index contributed by atoms with van der Waals surface area (Å²) in [6.07, 6.45) is -4.36. The summed E-state index contributed by atoms with van der Waals surface area (Å²) in [7, 11) is 0. The molecule has 0 saturated heterocycles. The molecule has 0 aliphatic rings. The SMILES string of the molecule is CC(C)CC(=O)Nc1ccc(C(=O)COC(=O)c2ccccc2C(F)(F)F)cc1. The zero-order valence-electron chi connectivity index (χ0n) is 15.9. The highest BCUT2D eigenvalue weighted by atomic mass is 19.4. The second-order valence-corrected chi connectivity index (χ2v) is 6.77. The molecule has 0 saturated carbocycles. The highest BCUT2D eigenvalue weighted by Gasteiger charge is 2.35. The van der Waals surface area contributed by atoms with E-state index in [9.17, 15) is 27.6 Å². The number of ether oxygens (including phenoxy) is 1. The van der Waals surface area contributed by atoms with Crippen molar-refractivity contribution in [1.82, 2.24) is 0 Å². The number of hydrogen-bond acceptors (Lipinski definition) is 4. The number of alkyl halides is 3.